The van der Waals surface area contributed by atoms with E-state index in [4.69, 9.17) is 0 Å². The molecule has 2 N–H and O–H groups in total. The van der Waals surface area contributed by atoms with Crippen LogP contribution in [0.4, 0.5) is 5.82 Å². The molecule has 108 valence electrons. The molecule has 0 spiro atoms. The minimum Gasteiger partial charge on any atom is -0.366 e. The largest absolute Gasteiger partial charge is 0.366 e. The molecule has 4 nitrogen and oxygen atoms in total. The smallest absolute Gasteiger partial charge is 0.133 e. The first-order valence-corrected chi connectivity index (χ1v) is 7.77. The van der Waals surface area contributed by atoms with Crippen molar-refractivity contribution in [3.63, 3.8) is 0 Å². The molecule has 1 fully saturated rings. The molecule has 0 bridgehead atoms. The maximum Gasteiger partial charge on any atom is 0.133 e. The van der Waals surface area contributed by atoms with Gasteiger partial charge < -0.3 is 10.6 Å². The van der Waals surface area contributed by atoms with Gasteiger partial charge in [-0.05, 0) is 24.9 Å². The fourth-order valence-corrected chi connectivity index (χ4v) is 3.20. The quantitative estimate of drug-likeness (QED) is 0.904. The summed E-state index contributed by atoms with van der Waals surface area (Å²) in [6.07, 6.45) is 4.91. The average Bonchev–Trinajstić information content (AvgIpc) is 3.31. The van der Waals surface area contributed by atoms with Crippen LogP contribution in [0.25, 0.3) is 0 Å². The molecular weight excluding hydrogens is 260 g/mol. The highest BCUT2D eigenvalue weighted by Crippen LogP contribution is 2.42. The molecule has 0 amide bonds. The zero-order valence-electron chi connectivity index (χ0n) is 12.0. The predicted molar refractivity (Wildman–Crippen MR) is 83.5 cm³/mol. The van der Waals surface area contributed by atoms with E-state index in [1.165, 1.54) is 23.2 Å². The Kier molecular flexibility index (Phi) is 3.31. The minimum absolute atomic E-state index is 0.516. The second-order valence-corrected chi connectivity index (χ2v) is 5.90. The van der Waals surface area contributed by atoms with E-state index in [2.05, 4.69) is 50.9 Å². The number of fused-ring (bicyclic) bond motifs is 1. The topological polar surface area (TPSA) is 49.8 Å². The summed E-state index contributed by atoms with van der Waals surface area (Å²) in [5, 5.41) is 7.07. The molecule has 1 aliphatic heterocycles. The van der Waals surface area contributed by atoms with Crippen molar-refractivity contribution in [2.45, 2.75) is 31.2 Å². The van der Waals surface area contributed by atoms with E-state index >= 15 is 0 Å². The maximum atomic E-state index is 4.49. The van der Waals surface area contributed by atoms with Crippen LogP contribution in [0.15, 0.2) is 36.7 Å². The van der Waals surface area contributed by atoms with Gasteiger partial charge in [-0.25, -0.2) is 9.97 Å². The molecule has 0 radical (unpaired) electrons. The van der Waals surface area contributed by atoms with Gasteiger partial charge in [-0.2, -0.15) is 0 Å². The van der Waals surface area contributed by atoms with Gasteiger partial charge in [0.15, 0.2) is 0 Å². The van der Waals surface area contributed by atoms with Gasteiger partial charge in [0.05, 0.1) is 5.69 Å². The molecule has 4 rings (SSSR count). The Hall–Kier alpha value is -1.94. The highest BCUT2D eigenvalue weighted by Gasteiger charge is 2.38. The Bertz CT molecular complexity index is 626. The van der Waals surface area contributed by atoms with Crippen molar-refractivity contribution < 1.29 is 0 Å². The van der Waals surface area contributed by atoms with E-state index in [1.807, 2.05) is 0 Å². The van der Waals surface area contributed by atoms with Crippen LogP contribution in [0.1, 0.15) is 29.2 Å². The van der Waals surface area contributed by atoms with Crippen molar-refractivity contribution in [1.29, 1.82) is 0 Å². The lowest BCUT2D eigenvalue weighted by Gasteiger charge is -2.12. The molecule has 0 unspecified atom stereocenters. The average molecular weight is 280 g/mol. The summed E-state index contributed by atoms with van der Waals surface area (Å²) in [5.41, 5.74) is 3.94. The Morgan fingerprint density at radius 1 is 1.05 bits per heavy atom. The van der Waals surface area contributed by atoms with E-state index in [0.717, 1.165) is 31.7 Å². The molecule has 2 atom stereocenters. The van der Waals surface area contributed by atoms with Gasteiger partial charge in [0.1, 0.15) is 12.1 Å². The zero-order chi connectivity index (χ0) is 14.1. The van der Waals surface area contributed by atoms with Crippen LogP contribution in [-0.4, -0.2) is 29.1 Å². The van der Waals surface area contributed by atoms with Crippen molar-refractivity contribution in [3.05, 3.63) is 53.5 Å². The second-order valence-electron chi connectivity index (χ2n) is 5.90. The summed E-state index contributed by atoms with van der Waals surface area (Å²) in [4.78, 5) is 8.95. The highest BCUT2D eigenvalue weighted by molar-refractivity contribution is 5.50. The molecule has 1 aromatic heterocycles. The van der Waals surface area contributed by atoms with Crippen molar-refractivity contribution in [2.75, 3.05) is 18.4 Å². The van der Waals surface area contributed by atoms with E-state index in [9.17, 15) is 0 Å². The van der Waals surface area contributed by atoms with Gasteiger partial charge in [0, 0.05) is 30.5 Å². The third-order valence-corrected chi connectivity index (χ3v) is 4.47. The molecule has 2 heterocycles. The highest BCUT2D eigenvalue weighted by atomic mass is 15.1. The number of benzene rings is 1. The summed E-state index contributed by atoms with van der Waals surface area (Å²) in [7, 11) is 0. The van der Waals surface area contributed by atoms with Gasteiger partial charge in [-0.3, -0.25) is 0 Å². The lowest BCUT2D eigenvalue weighted by atomic mass is 10.1. The Morgan fingerprint density at radius 3 is 2.81 bits per heavy atom. The van der Waals surface area contributed by atoms with Gasteiger partial charge >= 0.3 is 0 Å². The standard InChI is InChI=1S/C17H20N4/c1-2-4-12(5-3-1)14-10-16(14)21-17-13-6-8-18-9-7-15(13)19-11-20-17/h1-5,11,14,16,18H,6-10H2,(H,19,20,21)/t14-,16+/m1/s1. The normalized spacial score (nSPS) is 24.0. The van der Waals surface area contributed by atoms with Crippen LogP contribution in [-0.2, 0) is 12.8 Å². The molecule has 2 aromatic rings. The first-order chi connectivity index (χ1) is 10.4. The molecular formula is C17H20N4. The Labute approximate surface area is 125 Å². The summed E-state index contributed by atoms with van der Waals surface area (Å²) < 4.78 is 0. The van der Waals surface area contributed by atoms with E-state index < -0.39 is 0 Å². The first kappa shape index (κ1) is 12.8. The first-order valence-electron chi connectivity index (χ1n) is 7.77. The van der Waals surface area contributed by atoms with Crippen LogP contribution < -0.4 is 10.6 Å². The lowest BCUT2D eigenvalue weighted by molar-refractivity contribution is 0.708. The molecule has 2 aliphatic rings. The summed E-state index contributed by atoms with van der Waals surface area (Å²) in [6.45, 7) is 2.03. The number of anilines is 1. The number of nitrogens with one attached hydrogen (secondary N) is 2. The molecule has 1 saturated carbocycles. The van der Waals surface area contributed by atoms with Crippen molar-refractivity contribution in [3.8, 4) is 0 Å². The van der Waals surface area contributed by atoms with Crippen LogP contribution in [0.2, 0.25) is 0 Å². The van der Waals surface area contributed by atoms with E-state index in [0.29, 0.717) is 12.0 Å². The van der Waals surface area contributed by atoms with Crippen LogP contribution >= 0.6 is 0 Å². The van der Waals surface area contributed by atoms with Crippen molar-refractivity contribution in [2.24, 2.45) is 0 Å². The number of nitrogens with zero attached hydrogens (tertiary/aromatic N) is 2. The number of hydrogen-bond donors (Lipinski definition) is 2. The van der Waals surface area contributed by atoms with Gasteiger partial charge in [-0.1, -0.05) is 30.3 Å². The summed E-state index contributed by atoms with van der Waals surface area (Å²) in [5.74, 6) is 1.67. The number of aromatic nitrogens is 2. The van der Waals surface area contributed by atoms with Crippen molar-refractivity contribution in [1.82, 2.24) is 15.3 Å². The fraction of sp³-hybridized carbons (Fsp3) is 0.412. The van der Waals surface area contributed by atoms with Crippen LogP contribution in [0.3, 0.4) is 0 Å². The molecule has 21 heavy (non-hydrogen) atoms. The Morgan fingerprint density at radius 2 is 1.90 bits per heavy atom. The minimum atomic E-state index is 0.516. The third kappa shape index (κ3) is 2.63. The maximum absolute atomic E-state index is 4.49. The summed E-state index contributed by atoms with van der Waals surface area (Å²) >= 11 is 0. The number of hydrogen-bond acceptors (Lipinski definition) is 4. The molecule has 1 aliphatic carbocycles. The van der Waals surface area contributed by atoms with Crippen LogP contribution in [0.5, 0.6) is 0 Å². The predicted octanol–water partition coefficient (Wildman–Crippen LogP) is 2.13. The molecule has 4 heteroatoms. The van der Waals surface area contributed by atoms with Gasteiger partial charge in [0.25, 0.3) is 0 Å². The second kappa shape index (κ2) is 5.45. The monoisotopic (exact) mass is 280 g/mol. The van der Waals surface area contributed by atoms with Gasteiger partial charge in [0.2, 0.25) is 0 Å². The zero-order valence-corrected chi connectivity index (χ0v) is 12.0. The van der Waals surface area contributed by atoms with Gasteiger partial charge in [-0.15, -0.1) is 0 Å². The number of rotatable bonds is 3. The van der Waals surface area contributed by atoms with E-state index in [1.54, 1.807) is 6.33 Å². The fourth-order valence-electron chi connectivity index (χ4n) is 3.20. The Balaban J connectivity index is 1.51. The van der Waals surface area contributed by atoms with Crippen LogP contribution in [0, 0.1) is 0 Å². The SMILES string of the molecule is c1ccc([C@H]2C[C@@H]2Nc2ncnc3c2CCNCC3)cc1. The third-order valence-electron chi connectivity index (χ3n) is 4.47. The molecule has 0 saturated heterocycles. The lowest BCUT2D eigenvalue weighted by Crippen LogP contribution is -2.16. The summed E-state index contributed by atoms with van der Waals surface area (Å²) in [6, 6.07) is 11.3. The van der Waals surface area contributed by atoms with Crippen molar-refractivity contribution >= 4 is 5.82 Å². The van der Waals surface area contributed by atoms with E-state index in [-0.39, 0.29) is 0 Å². The molecule has 1 aromatic carbocycles.